The number of aliphatic hydroxyl groups excluding tert-OH is 1. The van der Waals surface area contributed by atoms with E-state index in [-0.39, 0.29) is 10.9 Å². The predicted molar refractivity (Wildman–Crippen MR) is 84.2 cm³/mol. The first kappa shape index (κ1) is 16.7. The van der Waals surface area contributed by atoms with Crippen molar-refractivity contribution in [3.05, 3.63) is 48.3 Å². The molecule has 22 heavy (non-hydrogen) atoms. The van der Waals surface area contributed by atoms with Crippen LogP contribution < -0.4 is 5.32 Å². The van der Waals surface area contributed by atoms with Crippen LogP contribution in [0.15, 0.2) is 47.6 Å². The summed E-state index contributed by atoms with van der Waals surface area (Å²) in [6.45, 7) is 3.12. The fourth-order valence-corrected chi connectivity index (χ4v) is 2.75. The summed E-state index contributed by atoms with van der Waals surface area (Å²) >= 11 is 0. The third-order valence-electron chi connectivity index (χ3n) is 3.37. The van der Waals surface area contributed by atoms with Crippen LogP contribution in [0.25, 0.3) is 0 Å². The van der Waals surface area contributed by atoms with E-state index in [1.807, 2.05) is 23.9 Å². The fourth-order valence-electron chi connectivity index (χ4n) is 2.12. The van der Waals surface area contributed by atoms with E-state index >= 15 is 0 Å². The minimum atomic E-state index is -3.21. The zero-order valence-corrected chi connectivity index (χ0v) is 13.5. The van der Waals surface area contributed by atoms with Crippen LogP contribution in [0.4, 0.5) is 0 Å². The van der Waals surface area contributed by atoms with Crippen LogP contribution in [0.5, 0.6) is 0 Å². The molecule has 0 saturated carbocycles. The van der Waals surface area contributed by atoms with Crippen LogP contribution in [-0.2, 0) is 16.4 Å². The van der Waals surface area contributed by atoms with Gasteiger partial charge >= 0.3 is 0 Å². The molecule has 0 fully saturated rings. The molecular formula is C15H21N3O3S. The predicted octanol–water partition coefficient (Wildman–Crippen LogP) is 0.998. The summed E-state index contributed by atoms with van der Waals surface area (Å²) in [4.78, 5) is 0.253. The molecule has 0 radical (unpaired) electrons. The zero-order chi connectivity index (χ0) is 16.2. The first-order chi connectivity index (χ1) is 10.4. The average molecular weight is 323 g/mol. The Labute approximate surface area is 130 Å². The number of aliphatic hydroxyl groups is 1. The lowest BCUT2D eigenvalue weighted by molar-refractivity contribution is 0.169. The normalized spacial score (nSPS) is 14.7. The van der Waals surface area contributed by atoms with E-state index in [0.29, 0.717) is 18.7 Å². The first-order valence-electron chi connectivity index (χ1n) is 7.05. The molecule has 0 amide bonds. The Morgan fingerprint density at radius 2 is 2.00 bits per heavy atom. The second kappa shape index (κ2) is 7.04. The number of rotatable bonds is 7. The van der Waals surface area contributed by atoms with Gasteiger partial charge in [-0.2, -0.15) is 5.10 Å². The van der Waals surface area contributed by atoms with E-state index in [1.165, 1.54) is 12.1 Å². The Kier molecular flexibility index (Phi) is 5.33. The van der Waals surface area contributed by atoms with Crippen molar-refractivity contribution in [1.29, 1.82) is 0 Å². The lowest BCUT2D eigenvalue weighted by Crippen LogP contribution is -2.33. The quantitative estimate of drug-likeness (QED) is 0.794. The fraction of sp³-hybridized carbons (Fsp3) is 0.400. The summed E-state index contributed by atoms with van der Waals surface area (Å²) < 4.78 is 24.6. The van der Waals surface area contributed by atoms with Crippen molar-refractivity contribution >= 4 is 9.84 Å². The van der Waals surface area contributed by atoms with Gasteiger partial charge in [-0.15, -0.1) is 0 Å². The summed E-state index contributed by atoms with van der Waals surface area (Å²) in [5.74, 6) is 0. The molecule has 0 saturated heterocycles. The second-order valence-electron chi connectivity index (χ2n) is 5.39. The molecule has 0 aliphatic carbocycles. The molecule has 2 rings (SSSR count). The van der Waals surface area contributed by atoms with Crippen molar-refractivity contribution in [2.75, 3.05) is 12.8 Å². The van der Waals surface area contributed by atoms with E-state index in [9.17, 15) is 13.5 Å². The number of nitrogens with one attached hydrogen (secondary N) is 1. The highest BCUT2D eigenvalue weighted by Crippen LogP contribution is 2.16. The van der Waals surface area contributed by atoms with Crippen LogP contribution in [0.2, 0.25) is 0 Å². The number of hydrogen-bond acceptors (Lipinski definition) is 5. The van der Waals surface area contributed by atoms with Crippen molar-refractivity contribution in [3.63, 3.8) is 0 Å². The molecule has 0 unspecified atom stereocenters. The Morgan fingerprint density at radius 1 is 1.32 bits per heavy atom. The third kappa shape index (κ3) is 4.66. The maximum absolute atomic E-state index is 11.4. The molecule has 120 valence electrons. The standard InChI is InChI=1S/C15H21N3O3S/c1-12(11-18-9-3-8-17-18)16-10-15(19)13-4-6-14(7-5-13)22(2,20)21/h3-9,12,15-16,19H,10-11H2,1-2H3/t12-,15-/m1/s1. The molecule has 1 aromatic carbocycles. The molecule has 1 aromatic heterocycles. The minimum Gasteiger partial charge on any atom is -0.387 e. The summed E-state index contributed by atoms with van der Waals surface area (Å²) in [5.41, 5.74) is 0.686. The van der Waals surface area contributed by atoms with Crippen LogP contribution in [0.3, 0.4) is 0 Å². The smallest absolute Gasteiger partial charge is 0.175 e. The summed E-state index contributed by atoms with van der Waals surface area (Å²) in [6.07, 6.45) is 4.09. The van der Waals surface area contributed by atoms with Gasteiger partial charge < -0.3 is 10.4 Å². The zero-order valence-electron chi connectivity index (χ0n) is 12.7. The lowest BCUT2D eigenvalue weighted by atomic mass is 10.1. The van der Waals surface area contributed by atoms with Gasteiger partial charge in [-0.1, -0.05) is 12.1 Å². The molecule has 0 aliphatic rings. The molecule has 6 nitrogen and oxygen atoms in total. The summed E-state index contributed by atoms with van der Waals surface area (Å²) in [6, 6.07) is 8.33. The highest BCUT2D eigenvalue weighted by Gasteiger charge is 2.12. The van der Waals surface area contributed by atoms with Crippen molar-refractivity contribution in [1.82, 2.24) is 15.1 Å². The van der Waals surface area contributed by atoms with Gasteiger partial charge in [-0.25, -0.2) is 8.42 Å². The van der Waals surface area contributed by atoms with Crippen LogP contribution in [-0.4, -0.2) is 42.1 Å². The van der Waals surface area contributed by atoms with Gasteiger partial charge in [0.05, 0.1) is 17.5 Å². The highest BCUT2D eigenvalue weighted by molar-refractivity contribution is 7.90. The summed E-state index contributed by atoms with van der Waals surface area (Å²) in [5, 5.41) is 17.5. The number of sulfone groups is 1. The number of benzene rings is 1. The Morgan fingerprint density at radius 3 is 2.55 bits per heavy atom. The first-order valence-corrected chi connectivity index (χ1v) is 8.94. The average Bonchev–Trinajstić information content (AvgIpc) is 2.97. The van der Waals surface area contributed by atoms with Gasteiger partial charge in [0.15, 0.2) is 9.84 Å². The molecule has 7 heteroatoms. The van der Waals surface area contributed by atoms with E-state index in [1.54, 1.807) is 18.3 Å². The monoisotopic (exact) mass is 323 g/mol. The van der Waals surface area contributed by atoms with Gasteiger partial charge in [0.25, 0.3) is 0 Å². The maximum atomic E-state index is 11.4. The largest absolute Gasteiger partial charge is 0.387 e. The number of aromatic nitrogens is 2. The lowest BCUT2D eigenvalue weighted by Gasteiger charge is -2.17. The Bertz CT molecular complexity index is 681. The van der Waals surface area contributed by atoms with E-state index < -0.39 is 15.9 Å². The van der Waals surface area contributed by atoms with Gasteiger partial charge in [0.2, 0.25) is 0 Å². The molecule has 1 heterocycles. The molecule has 2 N–H and O–H groups in total. The van der Waals surface area contributed by atoms with Crippen molar-refractivity contribution < 1.29 is 13.5 Å². The van der Waals surface area contributed by atoms with E-state index in [2.05, 4.69) is 10.4 Å². The van der Waals surface area contributed by atoms with E-state index in [0.717, 1.165) is 6.26 Å². The molecule has 0 aliphatic heterocycles. The molecule has 0 spiro atoms. The molecule has 2 aromatic rings. The number of nitrogens with zero attached hydrogens (tertiary/aromatic N) is 2. The third-order valence-corrected chi connectivity index (χ3v) is 4.50. The van der Waals surface area contributed by atoms with Crippen LogP contribution in [0.1, 0.15) is 18.6 Å². The van der Waals surface area contributed by atoms with Crippen molar-refractivity contribution in [2.24, 2.45) is 0 Å². The van der Waals surface area contributed by atoms with Gasteiger partial charge in [0.1, 0.15) is 0 Å². The minimum absolute atomic E-state index is 0.157. The Hall–Kier alpha value is -1.70. The highest BCUT2D eigenvalue weighted by atomic mass is 32.2. The second-order valence-corrected chi connectivity index (χ2v) is 7.41. The van der Waals surface area contributed by atoms with E-state index in [4.69, 9.17) is 0 Å². The SMILES string of the molecule is C[C@H](Cn1cccn1)NC[C@@H](O)c1ccc(S(C)(=O)=O)cc1. The van der Waals surface area contributed by atoms with Crippen LogP contribution in [0, 0.1) is 0 Å². The molecule has 2 atom stereocenters. The number of hydrogen-bond donors (Lipinski definition) is 2. The van der Waals surface area contributed by atoms with Gasteiger partial charge in [-0.3, -0.25) is 4.68 Å². The topological polar surface area (TPSA) is 84.2 Å². The Balaban J connectivity index is 1.88. The van der Waals surface area contributed by atoms with Gasteiger partial charge in [0, 0.05) is 31.2 Å². The maximum Gasteiger partial charge on any atom is 0.175 e. The molecular weight excluding hydrogens is 302 g/mol. The van der Waals surface area contributed by atoms with Crippen LogP contribution >= 0.6 is 0 Å². The molecule has 0 bridgehead atoms. The van der Waals surface area contributed by atoms with Crippen molar-refractivity contribution in [3.8, 4) is 0 Å². The van der Waals surface area contributed by atoms with Crippen molar-refractivity contribution in [2.45, 2.75) is 30.5 Å². The van der Waals surface area contributed by atoms with Gasteiger partial charge in [-0.05, 0) is 30.7 Å². The summed E-state index contributed by atoms with van der Waals surface area (Å²) in [7, 11) is -3.21.